The van der Waals surface area contributed by atoms with Crippen LogP contribution in [-0.2, 0) is 9.22 Å². The lowest BCUT2D eigenvalue weighted by atomic mass is 9.56. The van der Waals surface area contributed by atoms with E-state index in [1.807, 2.05) is 0 Å². The molecule has 0 spiro atoms. The van der Waals surface area contributed by atoms with Crippen LogP contribution in [0.3, 0.4) is 0 Å². The molecule has 0 N–H and O–H groups in total. The van der Waals surface area contributed by atoms with Crippen LogP contribution in [-0.4, -0.2) is 21.2 Å². The first-order valence-electron chi connectivity index (χ1n) is 12.6. The van der Waals surface area contributed by atoms with Gasteiger partial charge in [0.05, 0.1) is 0 Å². The van der Waals surface area contributed by atoms with Gasteiger partial charge in [-0.3, -0.25) is 0 Å². The minimum Gasteiger partial charge on any atom is -0.407 e. The zero-order valence-electron chi connectivity index (χ0n) is 21.0. The molecular formula is C30H40O2Si. The lowest BCUT2D eigenvalue weighted by Crippen LogP contribution is -2.67. The van der Waals surface area contributed by atoms with Crippen LogP contribution in [0.2, 0.25) is 5.04 Å². The summed E-state index contributed by atoms with van der Waals surface area (Å²) in [5.41, 5.74) is -0.370. The van der Waals surface area contributed by atoms with E-state index < -0.39 is 8.32 Å². The predicted molar refractivity (Wildman–Crippen MR) is 140 cm³/mol. The maximum absolute atomic E-state index is 12.6. The van der Waals surface area contributed by atoms with E-state index in [2.05, 4.69) is 107 Å². The molecule has 1 fully saturated rings. The van der Waals surface area contributed by atoms with Crippen LogP contribution in [0.25, 0.3) is 0 Å². The molecule has 0 radical (unpaired) electrons. The summed E-state index contributed by atoms with van der Waals surface area (Å²) in [6, 6.07) is 21.6. The molecule has 3 heteroatoms. The van der Waals surface area contributed by atoms with E-state index in [0.29, 0.717) is 18.4 Å². The first kappa shape index (κ1) is 24.2. The second-order valence-electron chi connectivity index (χ2n) is 11.6. The Labute approximate surface area is 201 Å². The first-order chi connectivity index (χ1) is 15.7. The SMILES string of the molecule is C[C@H]1CC[C@H]2[C@@H](C=C[C@H](CO[Si](c3ccccc3)(c3ccccc3)C(C)(C)C)[C@]2(C)C=O)C1. The minimum absolute atomic E-state index is 0.0610. The van der Waals surface area contributed by atoms with Crippen LogP contribution in [0.1, 0.15) is 53.9 Å². The van der Waals surface area contributed by atoms with E-state index in [1.54, 1.807) is 0 Å². The Kier molecular flexibility index (Phi) is 6.84. The van der Waals surface area contributed by atoms with Gasteiger partial charge in [-0.25, -0.2) is 0 Å². The molecule has 0 saturated heterocycles. The van der Waals surface area contributed by atoms with Gasteiger partial charge in [0.1, 0.15) is 6.29 Å². The summed E-state index contributed by atoms with van der Waals surface area (Å²) in [5, 5.41) is 2.52. The highest BCUT2D eigenvalue weighted by Crippen LogP contribution is 2.51. The number of aldehydes is 1. The molecule has 0 aliphatic heterocycles. The number of hydrogen-bond acceptors (Lipinski definition) is 2. The second kappa shape index (κ2) is 9.35. The molecule has 2 aliphatic rings. The standard InChI is InChI=1S/C30H40O2Si/c1-23-16-19-28-24(20-23)17-18-25(30(28,5)22-31)21-32-33(29(2,3)4,26-12-8-6-9-13-26)27-14-10-7-11-15-27/h6-15,17-18,22-25,28H,16,19-21H2,1-5H3/t23-,24-,25+,28-,30-/m0/s1. The Balaban J connectivity index is 1.73. The molecule has 0 amide bonds. The van der Waals surface area contributed by atoms with E-state index in [4.69, 9.17) is 4.43 Å². The van der Waals surface area contributed by atoms with E-state index >= 15 is 0 Å². The highest BCUT2D eigenvalue weighted by Gasteiger charge is 2.53. The quantitative estimate of drug-likeness (QED) is 0.300. The fraction of sp³-hybridized carbons (Fsp3) is 0.500. The van der Waals surface area contributed by atoms with Gasteiger partial charge < -0.3 is 9.22 Å². The van der Waals surface area contributed by atoms with Crippen molar-refractivity contribution in [3.05, 3.63) is 72.8 Å². The molecule has 2 aromatic carbocycles. The molecule has 0 unspecified atom stereocenters. The van der Waals surface area contributed by atoms with Crippen LogP contribution < -0.4 is 10.4 Å². The van der Waals surface area contributed by atoms with Gasteiger partial charge >= 0.3 is 0 Å². The molecule has 2 aliphatic carbocycles. The van der Waals surface area contributed by atoms with Crippen molar-refractivity contribution in [2.45, 2.75) is 58.9 Å². The summed E-state index contributed by atoms with van der Waals surface area (Å²) in [6.45, 7) is 12.1. The highest BCUT2D eigenvalue weighted by molar-refractivity contribution is 6.99. The van der Waals surface area contributed by atoms with Gasteiger partial charge in [-0.15, -0.1) is 0 Å². The number of fused-ring (bicyclic) bond motifs is 1. The van der Waals surface area contributed by atoms with Crippen molar-refractivity contribution in [1.82, 2.24) is 0 Å². The predicted octanol–water partition coefficient (Wildman–Crippen LogP) is 6.01. The average Bonchev–Trinajstić information content (AvgIpc) is 2.81. The first-order valence-corrected chi connectivity index (χ1v) is 14.5. The third-order valence-electron chi connectivity index (χ3n) is 8.50. The normalized spacial score (nSPS) is 30.0. The fourth-order valence-electron chi connectivity index (χ4n) is 6.56. The number of carbonyl (C=O) groups is 1. The Morgan fingerprint density at radius 1 is 0.970 bits per heavy atom. The van der Waals surface area contributed by atoms with E-state index in [-0.39, 0.29) is 16.4 Å². The summed E-state index contributed by atoms with van der Waals surface area (Å²) >= 11 is 0. The van der Waals surface area contributed by atoms with Gasteiger partial charge in [-0.1, -0.05) is 114 Å². The smallest absolute Gasteiger partial charge is 0.261 e. The maximum Gasteiger partial charge on any atom is 0.261 e. The molecule has 0 aromatic heterocycles. The molecule has 2 nitrogen and oxygen atoms in total. The fourth-order valence-corrected chi connectivity index (χ4v) is 11.1. The Morgan fingerprint density at radius 2 is 1.55 bits per heavy atom. The molecule has 0 heterocycles. The van der Waals surface area contributed by atoms with E-state index in [0.717, 1.165) is 12.3 Å². The Hall–Kier alpha value is -1.97. The molecule has 5 atom stereocenters. The number of rotatable bonds is 6. The van der Waals surface area contributed by atoms with Gasteiger partial charge in [0.15, 0.2) is 0 Å². The second-order valence-corrected chi connectivity index (χ2v) is 15.9. The van der Waals surface area contributed by atoms with Crippen molar-refractivity contribution in [3.8, 4) is 0 Å². The maximum atomic E-state index is 12.6. The molecule has 1 saturated carbocycles. The summed E-state index contributed by atoms with van der Waals surface area (Å²) < 4.78 is 7.23. The number of benzene rings is 2. The van der Waals surface area contributed by atoms with Crippen molar-refractivity contribution in [3.63, 3.8) is 0 Å². The van der Waals surface area contributed by atoms with Crippen LogP contribution >= 0.6 is 0 Å². The van der Waals surface area contributed by atoms with Crippen molar-refractivity contribution in [2.75, 3.05) is 6.61 Å². The summed E-state index contributed by atoms with van der Waals surface area (Å²) in [4.78, 5) is 12.6. The summed E-state index contributed by atoms with van der Waals surface area (Å²) in [5.74, 6) is 1.79. The lowest BCUT2D eigenvalue weighted by molar-refractivity contribution is -0.124. The van der Waals surface area contributed by atoms with Crippen LogP contribution in [0.5, 0.6) is 0 Å². The van der Waals surface area contributed by atoms with Gasteiger partial charge in [-0.05, 0) is 46.0 Å². The van der Waals surface area contributed by atoms with Gasteiger partial charge in [0, 0.05) is 17.9 Å². The highest BCUT2D eigenvalue weighted by atomic mass is 28.4. The third kappa shape index (κ3) is 4.30. The molecule has 4 rings (SSSR count). The number of carbonyl (C=O) groups excluding carboxylic acids is 1. The molecule has 33 heavy (non-hydrogen) atoms. The van der Waals surface area contributed by atoms with Gasteiger partial charge in [-0.2, -0.15) is 0 Å². The molecule has 176 valence electrons. The van der Waals surface area contributed by atoms with Crippen molar-refractivity contribution < 1.29 is 9.22 Å². The van der Waals surface area contributed by atoms with Crippen molar-refractivity contribution in [1.29, 1.82) is 0 Å². The largest absolute Gasteiger partial charge is 0.407 e. The number of hydrogen-bond donors (Lipinski definition) is 0. The Morgan fingerprint density at radius 3 is 2.06 bits per heavy atom. The summed E-state index contributed by atoms with van der Waals surface area (Å²) in [7, 11) is -2.61. The van der Waals surface area contributed by atoms with Crippen LogP contribution in [0, 0.1) is 29.1 Å². The zero-order chi connectivity index (χ0) is 23.7. The summed E-state index contributed by atoms with van der Waals surface area (Å²) in [6.07, 6.45) is 9.54. The van der Waals surface area contributed by atoms with E-state index in [1.165, 1.54) is 29.5 Å². The van der Waals surface area contributed by atoms with Gasteiger partial charge in [0.25, 0.3) is 8.32 Å². The monoisotopic (exact) mass is 460 g/mol. The topological polar surface area (TPSA) is 26.3 Å². The van der Waals surface area contributed by atoms with Crippen molar-refractivity contribution in [2.24, 2.45) is 29.1 Å². The lowest BCUT2D eigenvalue weighted by Gasteiger charge is -2.50. The van der Waals surface area contributed by atoms with Crippen LogP contribution in [0.15, 0.2) is 72.8 Å². The van der Waals surface area contributed by atoms with Gasteiger partial charge in [0.2, 0.25) is 0 Å². The minimum atomic E-state index is -2.61. The zero-order valence-corrected chi connectivity index (χ0v) is 22.0. The molecule has 2 aromatic rings. The van der Waals surface area contributed by atoms with Crippen molar-refractivity contribution >= 4 is 25.0 Å². The van der Waals surface area contributed by atoms with E-state index in [9.17, 15) is 4.79 Å². The third-order valence-corrected chi connectivity index (χ3v) is 13.5. The van der Waals surface area contributed by atoms with Crippen LogP contribution in [0.4, 0.5) is 0 Å². The Bertz CT molecular complexity index is 922. The molecule has 0 bridgehead atoms. The molecular weight excluding hydrogens is 420 g/mol. The average molecular weight is 461 g/mol. The number of allylic oxidation sites excluding steroid dienone is 1.